The highest BCUT2D eigenvalue weighted by Crippen LogP contribution is 2.53. The van der Waals surface area contributed by atoms with Crippen molar-refractivity contribution in [2.75, 3.05) is 24.7 Å². The average molecular weight is 674 g/mol. The summed E-state index contributed by atoms with van der Waals surface area (Å²) < 4.78 is 61.0. The number of H-pyrrole nitrogens is 1. The molecule has 23 nitrogen and oxygen atoms in total. The Hall–Kier alpha value is -3.44. The van der Waals surface area contributed by atoms with Crippen molar-refractivity contribution in [1.82, 2.24) is 39.0 Å². The van der Waals surface area contributed by atoms with Gasteiger partial charge in [0.25, 0.3) is 5.56 Å². The quantitative estimate of drug-likeness (QED) is 0.109. The third-order valence-corrected chi connectivity index (χ3v) is 9.29. The number of nitrogens with two attached hydrogens (primary N) is 2. The number of aliphatic hydroxyl groups excluding tert-OH is 2. The molecule has 10 atom stereocenters. The second-order valence-corrected chi connectivity index (χ2v) is 13.0. The molecule has 7 unspecified atom stereocenters. The highest BCUT2D eigenvalue weighted by atomic mass is 31.2. The molecule has 2 bridgehead atoms. The van der Waals surface area contributed by atoms with Crippen LogP contribution in [0.15, 0.2) is 23.8 Å². The van der Waals surface area contributed by atoms with Gasteiger partial charge in [0.05, 0.1) is 25.9 Å². The number of nitrogen functional groups attached to an aromatic ring is 2. The van der Waals surface area contributed by atoms with Gasteiger partial charge < -0.3 is 40.9 Å². The van der Waals surface area contributed by atoms with Crippen molar-refractivity contribution in [3.05, 3.63) is 29.3 Å². The standard InChI is InChI=1S/C20H24N10O13P2/c21-14-8-15(24-3-23-14)29(4-25-8)18-11(32)12-7(41-18)2-39-45(36,37)43-13-10(31)6(1-38-44(34,35)42-12)40-19(13)30-5-26-9-16(30)27-20(22)28-17(9)33/h3-7,10-13,18-19,31-32H,1-2H2,(H,34,35)(H,36,37)(H2,21,23,24)(H3,22,27,28,33)/t6-,7-,10?,11?,12?,13?,18?,19-/m1/s1. The minimum atomic E-state index is -5.11. The zero-order chi connectivity index (χ0) is 31.8. The van der Waals surface area contributed by atoms with Crippen LogP contribution in [0.3, 0.4) is 0 Å². The van der Waals surface area contributed by atoms with Gasteiger partial charge in [0.1, 0.15) is 48.5 Å². The number of rotatable bonds is 2. The Bertz CT molecular complexity index is 1940. The van der Waals surface area contributed by atoms with E-state index in [1.54, 1.807) is 0 Å². The zero-order valence-electron chi connectivity index (χ0n) is 22.4. The van der Waals surface area contributed by atoms with Gasteiger partial charge in [-0.15, -0.1) is 0 Å². The van der Waals surface area contributed by atoms with E-state index in [0.29, 0.717) is 0 Å². The van der Waals surface area contributed by atoms with Crippen molar-refractivity contribution in [1.29, 1.82) is 0 Å². The van der Waals surface area contributed by atoms with Crippen LogP contribution < -0.4 is 17.0 Å². The van der Waals surface area contributed by atoms with Gasteiger partial charge in [-0.3, -0.25) is 37.0 Å². The summed E-state index contributed by atoms with van der Waals surface area (Å²) in [5.74, 6) is -0.250. The monoisotopic (exact) mass is 674 g/mol. The number of fused-ring (bicyclic) bond motifs is 5. The molecule has 0 saturated carbocycles. The first kappa shape index (κ1) is 30.2. The number of phosphoric acid groups is 2. The number of nitrogens with zero attached hydrogens (tertiary/aromatic N) is 7. The van der Waals surface area contributed by atoms with E-state index in [-0.39, 0.29) is 34.1 Å². The smallest absolute Gasteiger partial charge is 0.387 e. The number of aromatic amines is 1. The first-order chi connectivity index (χ1) is 21.3. The van der Waals surface area contributed by atoms with Crippen LogP contribution in [0.1, 0.15) is 12.5 Å². The van der Waals surface area contributed by atoms with E-state index in [0.717, 1.165) is 17.2 Å². The first-order valence-electron chi connectivity index (χ1n) is 13.0. The third-order valence-electron chi connectivity index (χ3n) is 7.32. The number of hydrogen-bond donors (Lipinski definition) is 7. The van der Waals surface area contributed by atoms with Crippen molar-refractivity contribution in [3.63, 3.8) is 0 Å². The number of nitrogens with one attached hydrogen (secondary N) is 1. The van der Waals surface area contributed by atoms with Gasteiger partial charge in [0.15, 0.2) is 35.1 Å². The van der Waals surface area contributed by atoms with Crippen LogP contribution in [0.4, 0.5) is 11.8 Å². The van der Waals surface area contributed by atoms with E-state index >= 15 is 0 Å². The lowest BCUT2D eigenvalue weighted by Gasteiger charge is -2.25. The molecule has 3 aliphatic heterocycles. The van der Waals surface area contributed by atoms with Gasteiger partial charge >= 0.3 is 15.6 Å². The van der Waals surface area contributed by atoms with Crippen LogP contribution in [-0.4, -0.2) is 109 Å². The van der Waals surface area contributed by atoms with Gasteiger partial charge in [0.2, 0.25) is 5.95 Å². The topological polar surface area (TPSA) is 330 Å². The summed E-state index contributed by atoms with van der Waals surface area (Å²) in [7, 11) is -10.2. The van der Waals surface area contributed by atoms with E-state index in [2.05, 4.69) is 29.9 Å². The van der Waals surface area contributed by atoms with Crippen molar-refractivity contribution in [3.8, 4) is 0 Å². The van der Waals surface area contributed by atoms with Gasteiger partial charge in [-0.25, -0.2) is 29.1 Å². The Morgan fingerprint density at radius 1 is 0.822 bits per heavy atom. The minimum Gasteiger partial charge on any atom is -0.387 e. The summed E-state index contributed by atoms with van der Waals surface area (Å²) >= 11 is 0. The maximum absolute atomic E-state index is 13.2. The third kappa shape index (κ3) is 5.31. The predicted molar refractivity (Wildman–Crippen MR) is 143 cm³/mol. The van der Waals surface area contributed by atoms with Gasteiger partial charge in [-0.2, -0.15) is 4.98 Å². The molecule has 7 heterocycles. The van der Waals surface area contributed by atoms with E-state index in [1.165, 1.54) is 10.9 Å². The fourth-order valence-corrected chi connectivity index (χ4v) is 7.19. The molecular weight excluding hydrogens is 650 g/mol. The normalized spacial score (nSPS) is 37.7. The number of anilines is 2. The number of aliphatic hydroxyl groups is 2. The highest BCUT2D eigenvalue weighted by molar-refractivity contribution is 7.47. The molecular formula is C20H24N10O13P2. The van der Waals surface area contributed by atoms with Crippen LogP contribution in [0.2, 0.25) is 0 Å². The lowest BCUT2D eigenvalue weighted by Crippen LogP contribution is -2.36. The molecule has 25 heteroatoms. The SMILES string of the molecule is Nc1nc2c(ncn2[C@@H]2O[C@@H]3COP(=O)(O)OC4C(O)C(n5cnc6c(N)ncnc65)O[C@@H]4COP(=O)(O)OC2C3O)c(=O)[nH]1. The Labute approximate surface area is 248 Å². The number of imidazole rings is 2. The summed E-state index contributed by atoms with van der Waals surface area (Å²) in [5.41, 5.74) is 10.8. The van der Waals surface area contributed by atoms with Gasteiger partial charge in [-0.05, 0) is 0 Å². The van der Waals surface area contributed by atoms with Crippen molar-refractivity contribution in [2.45, 2.75) is 49.1 Å². The van der Waals surface area contributed by atoms with E-state index in [4.69, 9.17) is 39.0 Å². The molecule has 45 heavy (non-hydrogen) atoms. The second-order valence-electron chi connectivity index (χ2n) is 10.1. The Morgan fingerprint density at radius 2 is 1.44 bits per heavy atom. The van der Waals surface area contributed by atoms with Gasteiger partial charge in [0, 0.05) is 0 Å². The van der Waals surface area contributed by atoms with Crippen molar-refractivity contribution >= 4 is 49.7 Å². The fourth-order valence-electron chi connectivity index (χ4n) is 5.30. The summed E-state index contributed by atoms with van der Waals surface area (Å²) in [4.78, 5) is 55.8. The zero-order valence-corrected chi connectivity index (χ0v) is 24.2. The summed E-state index contributed by atoms with van der Waals surface area (Å²) in [5, 5.41) is 22.1. The molecule has 4 aromatic rings. The highest BCUT2D eigenvalue weighted by Gasteiger charge is 2.54. The molecule has 0 aliphatic carbocycles. The lowest BCUT2D eigenvalue weighted by atomic mass is 10.1. The Balaban J connectivity index is 1.21. The molecule has 3 saturated heterocycles. The van der Waals surface area contributed by atoms with Crippen LogP contribution in [0.25, 0.3) is 22.3 Å². The summed E-state index contributed by atoms with van der Waals surface area (Å²) in [6.07, 6.45) is -9.21. The van der Waals surface area contributed by atoms with E-state index in [1.807, 2.05) is 0 Å². The molecule has 0 amide bonds. The molecule has 4 aromatic heterocycles. The van der Waals surface area contributed by atoms with Crippen LogP contribution >= 0.6 is 15.6 Å². The number of hydrogen-bond acceptors (Lipinski definition) is 18. The van der Waals surface area contributed by atoms with Crippen LogP contribution in [0.5, 0.6) is 0 Å². The minimum absolute atomic E-state index is 0.0343. The summed E-state index contributed by atoms with van der Waals surface area (Å²) in [6.45, 7) is -1.65. The van der Waals surface area contributed by atoms with Gasteiger partial charge in [-0.1, -0.05) is 0 Å². The number of ether oxygens (including phenoxy) is 2. The molecule has 0 radical (unpaired) electrons. The van der Waals surface area contributed by atoms with Crippen LogP contribution in [0, 0.1) is 0 Å². The number of phosphoric ester groups is 2. The molecule has 3 fully saturated rings. The predicted octanol–water partition coefficient (Wildman–Crippen LogP) is -2.34. The summed E-state index contributed by atoms with van der Waals surface area (Å²) in [6, 6.07) is 0. The fraction of sp³-hybridized carbons (Fsp3) is 0.500. The van der Waals surface area contributed by atoms with Crippen molar-refractivity contribution < 1.29 is 56.7 Å². The Kier molecular flexibility index (Phi) is 7.27. The lowest BCUT2D eigenvalue weighted by molar-refractivity contribution is -0.0672. The molecule has 242 valence electrons. The number of aromatic nitrogens is 8. The average Bonchev–Trinajstić information content (AvgIpc) is 3.72. The molecule has 3 aliphatic rings. The molecule has 0 aromatic carbocycles. The van der Waals surface area contributed by atoms with E-state index < -0.39 is 83.5 Å². The molecule has 9 N–H and O–H groups in total. The van der Waals surface area contributed by atoms with Crippen molar-refractivity contribution in [2.24, 2.45) is 0 Å². The maximum Gasteiger partial charge on any atom is 0.472 e. The second kappa shape index (κ2) is 10.8. The van der Waals surface area contributed by atoms with Crippen LogP contribution in [-0.2, 0) is 36.7 Å². The first-order valence-corrected chi connectivity index (χ1v) is 15.9. The molecule has 7 rings (SSSR count). The van der Waals surface area contributed by atoms with E-state index in [9.17, 15) is 33.9 Å². The Morgan fingerprint density at radius 3 is 2.18 bits per heavy atom. The largest absolute Gasteiger partial charge is 0.472 e. The molecule has 0 spiro atoms. The maximum atomic E-state index is 13.2.